The minimum atomic E-state index is -1.65. The van der Waals surface area contributed by atoms with Crippen LogP contribution in [-0.4, -0.2) is 139 Å². The van der Waals surface area contributed by atoms with Crippen molar-refractivity contribution in [3.05, 3.63) is 0 Å². The zero-order valence-electron chi connectivity index (χ0n) is 42.6. The van der Waals surface area contributed by atoms with E-state index >= 15 is 0 Å². The van der Waals surface area contributed by atoms with Crippen molar-refractivity contribution in [2.45, 2.75) is 224 Å². The number of nitrogens with one attached hydrogen (secondary N) is 6. The van der Waals surface area contributed by atoms with Gasteiger partial charge in [0.25, 0.3) is 0 Å². The van der Waals surface area contributed by atoms with Crippen molar-refractivity contribution in [3.63, 3.8) is 0 Å². The molecule has 6 atom stereocenters. The first-order valence-electron chi connectivity index (χ1n) is 25.7. The monoisotopic (exact) mass is 1040 g/mol. The summed E-state index contributed by atoms with van der Waals surface area (Å²) in [6.45, 7) is 3.50. The Labute approximate surface area is 426 Å². The van der Waals surface area contributed by atoms with Gasteiger partial charge in [-0.1, -0.05) is 97.3 Å². The summed E-state index contributed by atoms with van der Waals surface area (Å²) in [4.78, 5) is 144. The number of unbranched alkanes of at least 4 members (excludes halogenated alkanes) is 14. The highest BCUT2D eigenvalue weighted by atomic mass is 16.4. The molecule has 0 aliphatic rings. The summed E-state index contributed by atoms with van der Waals surface area (Å²) in [6.07, 6.45) is 12.4. The Bertz CT molecular complexity index is 1780. The van der Waals surface area contributed by atoms with E-state index in [4.69, 9.17) is 10.2 Å². The number of carbonyl (C=O) groups is 12. The van der Waals surface area contributed by atoms with E-state index in [2.05, 4.69) is 31.9 Å². The largest absolute Gasteiger partial charge is 0.481 e. The summed E-state index contributed by atoms with van der Waals surface area (Å²) in [7, 11) is 0. The first kappa shape index (κ1) is 66.6. The van der Waals surface area contributed by atoms with Crippen LogP contribution < -0.4 is 31.9 Å². The second kappa shape index (κ2) is 40.2. The number of hydrogen-bond acceptors (Lipinski definition) is 12. The fourth-order valence-electron chi connectivity index (χ4n) is 7.56. The predicted octanol–water partition coefficient (Wildman–Crippen LogP) is 3.61. The van der Waals surface area contributed by atoms with Crippen LogP contribution in [0.2, 0.25) is 0 Å². The summed E-state index contributed by atoms with van der Waals surface area (Å²) in [5, 5.41) is 70.3. The molecule has 0 heterocycles. The maximum absolute atomic E-state index is 12.6. The zero-order valence-corrected chi connectivity index (χ0v) is 42.6. The zero-order chi connectivity index (χ0) is 55.1. The van der Waals surface area contributed by atoms with Crippen LogP contribution in [-0.2, 0) is 57.5 Å². The van der Waals surface area contributed by atoms with Crippen molar-refractivity contribution in [2.24, 2.45) is 5.92 Å². The summed E-state index contributed by atoms with van der Waals surface area (Å²) in [5.74, 6) is -12.4. The molecule has 0 fully saturated rings. The predicted molar refractivity (Wildman–Crippen MR) is 263 cm³/mol. The Hall–Kier alpha value is -6.36. The van der Waals surface area contributed by atoms with Crippen LogP contribution >= 0.6 is 0 Å². The summed E-state index contributed by atoms with van der Waals surface area (Å²) >= 11 is 0. The molecule has 6 amide bonds. The SMILES string of the molecule is CC[C@H](NC(=O)[C@@H](C)CCCCNC(=O)CCC(NC(=O)CC[C@H](NC(=O)CCC(NC(=O)CC[C@H](NC(=O)CCCCCCCCCCCCCCCCC(=O)O)C(=O)O)C(=O)O)C(=O)O)C(=O)O)C(=O)O. The van der Waals surface area contributed by atoms with E-state index < -0.39 is 139 Å². The molecule has 416 valence electrons. The Balaban J connectivity index is 4.60. The standard InChI is InChI=1S/C49H82N6O18/c1-3-33(45(64)65)55-44(63)32(2)20-18-19-31-50-38(56)27-23-34(46(66)67)52-40(58)29-25-36(48(70)71)54-42(60)30-26-37(49(72)73)53-41(59)28-24-35(47(68)69)51-39(57)21-16-14-12-10-8-6-4-5-7-9-11-13-15-17-22-43(61)62/h32-37H,3-31H2,1-2H3,(H,50,56)(H,51,57)(H,52,58)(H,53,59)(H,54,60)(H,55,63)(H,61,62)(H,64,65)(H,66,67)(H,68,69)(H,70,71)(H,72,73)/t32-,33-,34?,35-,36-,37?/m0/s1. The van der Waals surface area contributed by atoms with Gasteiger partial charge >= 0.3 is 35.8 Å². The van der Waals surface area contributed by atoms with Crippen LogP contribution in [0.15, 0.2) is 0 Å². The van der Waals surface area contributed by atoms with Gasteiger partial charge < -0.3 is 62.5 Å². The molecular formula is C49H82N6O18. The first-order valence-corrected chi connectivity index (χ1v) is 25.7. The Morgan fingerprint density at radius 2 is 0.630 bits per heavy atom. The minimum absolute atomic E-state index is 0.0915. The topological polar surface area (TPSA) is 398 Å². The Morgan fingerprint density at radius 1 is 0.329 bits per heavy atom. The van der Waals surface area contributed by atoms with Crippen LogP contribution in [0.25, 0.3) is 0 Å². The van der Waals surface area contributed by atoms with Crippen LogP contribution in [0.1, 0.15) is 194 Å². The van der Waals surface area contributed by atoms with E-state index in [1.165, 1.54) is 12.8 Å². The van der Waals surface area contributed by atoms with Crippen molar-refractivity contribution in [3.8, 4) is 0 Å². The molecule has 24 heteroatoms. The molecule has 0 bridgehead atoms. The summed E-state index contributed by atoms with van der Waals surface area (Å²) < 4.78 is 0. The lowest BCUT2D eigenvalue weighted by atomic mass is 10.0. The number of rotatable bonds is 46. The first-order chi connectivity index (χ1) is 34.6. The smallest absolute Gasteiger partial charge is 0.326 e. The lowest BCUT2D eigenvalue weighted by Gasteiger charge is -2.18. The minimum Gasteiger partial charge on any atom is -0.481 e. The average molecular weight is 1040 g/mol. The van der Waals surface area contributed by atoms with E-state index in [1.54, 1.807) is 13.8 Å². The molecule has 0 aliphatic carbocycles. The molecular weight excluding hydrogens is 961 g/mol. The molecule has 0 saturated carbocycles. The van der Waals surface area contributed by atoms with Gasteiger partial charge in [-0.05, 0) is 57.8 Å². The van der Waals surface area contributed by atoms with Crippen molar-refractivity contribution in [2.75, 3.05) is 6.54 Å². The van der Waals surface area contributed by atoms with Crippen LogP contribution in [0.3, 0.4) is 0 Å². The molecule has 73 heavy (non-hydrogen) atoms. The van der Waals surface area contributed by atoms with Gasteiger partial charge in [-0.15, -0.1) is 0 Å². The average Bonchev–Trinajstić information content (AvgIpc) is 3.32. The maximum Gasteiger partial charge on any atom is 0.326 e. The van der Waals surface area contributed by atoms with Gasteiger partial charge in [0.15, 0.2) is 0 Å². The van der Waals surface area contributed by atoms with E-state index in [1.807, 2.05) is 0 Å². The number of carboxylic acid groups (broad SMARTS) is 6. The number of carbonyl (C=O) groups excluding carboxylic acids is 6. The van der Waals surface area contributed by atoms with Gasteiger partial charge in [0.05, 0.1) is 0 Å². The molecule has 24 nitrogen and oxygen atoms in total. The maximum atomic E-state index is 12.6. The quantitative estimate of drug-likeness (QED) is 0.0387. The number of carboxylic acids is 6. The molecule has 0 radical (unpaired) electrons. The second-order valence-corrected chi connectivity index (χ2v) is 18.4. The summed E-state index contributed by atoms with van der Waals surface area (Å²) in [5.41, 5.74) is 0. The van der Waals surface area contributed by atoms with Crippen LogP contribution in [0, 0.1) is 5.92 Å². The van der Waals surface area contributed by atoms with Gasteiger partial charge in [0.1, 0.15) is 30.2 Å². The van der Waals surface area contributed by atoms with Gasteiger partial charge in [-0.3, -0.25) is 33.6 Å². The highest BCUT2D eigenvalue weighted by Gasteiger charge is 2.28. The lowest BCUT2D eigenvalue weighted by molar-refractivity contribution is -0.144. The summed E-state index contributed by atoms with van der Waals surface area (Å²) in [6, 6.07) is -7.20. The van der Waals surface area contributed by atoms with E-state index in [-0.39, 0.29) is 45.1 Å². The molecule has 0 aromatic heterocycles. The molecule has 0 spiro atoms. The molecule has 0 aromatic rings. The van der Waals surface area contributed by atoms with Crippen molar-refractivity contribution < 1.29 is 88.2 Å². The molecule has 2 unspecified atom stereocenters. The Morgan fingerprint density at radius 3 is 0.945 bits per heavy atom. The molecule has 0 aliphatic heterocycles. The van der Waals surface area contributed by atoms with Crippen molar-refractivity contribution in [1.29, 1.82) is 0 Å². The third kappa shape index (κ3) is 35.4. The lowest BCUT2D eigenvalue weighted by Crippen LogP contribution is -2.45. The van der Waals surface area contributed by atoms with E-state index in [0.717, 1.165) is 70.6 Å². The van der Waals surface area contributed by atoms with Crippen molar-refractivity contribution >= 4 is 71.3 Å². The third-order valence-corrected chi connectivity index (χ3v) is 12.1. The van der Waals surface area contributed by atoms with Crippen molar-refractivity contribution in [1.82, 2.24) is 31.9 Å². The van der Waals surface area contributed by atoms with Crippen LogP contribution in [0.5, 0.6) is 0 Å². The highest BCUT2D eigenvalue weighted by molar-refractivity contribution is 5.88. The highest BCUT2D eigenvalue weighted by Crippen LogP contribution is 2.15. The number of hydrogen-bond donors (Lipinski definition) is 12. The van der Waals surface area contributed by atoms with Gasteiger partial charge in [0, 0.05) is 51.0 Å². The van der Waals surface area contributed by atoms with Gasteiger partial charge in [-0.2, -0.15) is 0 Å². The molecule has 0 rings (SSSR count). The second-order valence-electron chi connectivity index (χ2n) is 18.4. The fraction of sp³-hybridized carbons (Fsp3) is 0.755. The Kier molecular flexibility index (Phi) is 36.7. The van der Waals surface area contributed by atoms with E-state index in [0.29, 0.717) is 25.7 Å². The van der Waals surface area contributed by atoms with Gasteiger partial charge in [-0.25, -0.2) is 24.0 Å². The number of aliphatic carboxylic acids is 6. The molecule has 12 N–H and O–H groups in total. The molecule has 0 aromatic carbocycles. The van der Waals surface area contributed by atoms with E-state index in [9.17, 15) is 78.0 Å². The molecule has 0 saturated heterocycles. The van der Waals surface area contributed by atoms with Gasteiger partial charge in [0.2, 0.25) is 35.4 Å². The number of amides is 6. The third-order valence-electron chi connectivity index (χ3n) is 12.1. The van der Waals surface area contributed by atoms with Crippen LogP contribution in [0.4, 0.5) is 0 Å². The normalized spacial score (nSPS) is 13.4. The fourth-order valence-corrected chi connectivity index (χ4v) is 7.56.